The summed E-state index contributed by atoms with van der Waals surface area (Å²) in [5.41, 5.74) is 0. The molecule has 3 heteroatoms. The zero-order valence-electron chi connectivity index (χ0n) is 37.2. The first-order valence-electron chi connectivity index (χ1n) is 25.2. The molecule has 0 spiro atoms. The van der Waals surface area contributed by atoms with Crippen molar-refractivity contribution in [2.24, 2.45) is 0 Å². The van der Waals surface area contributed by atoms with Crippen LogP contribution in [0.5, 0.6) is 0 Å². The lowest BCUT2D eigenvalue weighted by molar-refractivity contribution is -0.143. The minimum atomic E-state index is 0.0248. The molecule has 3 nitrogen and oxygen atoms in total. The molecule has 0 aromatic carbocycles. The molecule has 0 heterocycles. The predicted octanol–water partition coefficient (Wildman–Crippen LogP) is 17.7. The molecular weight excluding hydrogens is 661 g/mol. The van der Waals surface area contributed by atoms with Gasteiger partial charge in [-0.2, -0.15) is 0 Å². The maximum atomic E-state index is 12.0. The van der Waals surface area contributed by atoms with Gasteiger partial charge in [0.15, 0.2) is 0 Å². The Labute approximate surface area is 340 Å². The Hall–Kier alpha value is -0.830. The quantitative estimate of drug-likeness (QED) is 0.0382. The Kier molecular flexibility index (Phi) is 49.4. The van der Waals surface area contributed by atoms with E-state index in [4.69, 9.17) is 9.84 Å². The molecule has 0 rings (SSSR count). The van der Waals surface area contributed by atoms with Crippen molar-refractivity contribution in [3.63, 3.8) is 0 Å². The number of carbonyl (C=O) groups is 1. The Morgan fingerprint density at radius 3 is 0.926 bits per heavy atom. The summed E-state index contributed by atoms with van der Waals surface area (Å²) < 4.78 is 5.49. The lowest BCUT2D eigenvalue weighted by Crippen LogP contribution is -2.05. The van der Waals surface area contributed by atoms with E-state index < -0.39 is 0 Å². The van der Waals surface area contributed by atoms with Crippen molar-refractivity contribution in [3.05, 3.63) is 12.2 Å². The number of hydrogen-bond donors (Lipinski definition) is 1. The Bertz CT molecular complexity index is 703. The Morgan fingerprint density at radius 1 is 0.352 bits per heavy atom. The molecule has 0 saturated heterocycles. The van der Waals surface area contributed by atoms with Crippen molar-refractivity contribution in [1.29, 1.82) is 0 Å². The van der Waals surface area contributed by atoms with Gasteiger partial charge in [0.25, 0.3) is 0 Å². The SMILES string of the molecule is CCCCCCCCC=CCCCCCCCCCCCC(=O)OCCCCCCCCCCCCCCCCCCCCCCCCCCCCCO. The average molecular weight is 761 g/mol. The lowest BCUT2D eigenvalue weighted by atomic mass is 10.0. The highest BCUT2D eigenvalue weighted by atomic mass is 16.5. The molecule has 0 saturated carbocycles. The van der Waals surface area contributed by atoms with E-state index in [1.165, 1.54) is 263 Å². The standard InChI is InChI=1S/C51H100O3/c1-2-3-4-5-6-7-8-9-10-11-21-24-27-30-33-36-39-42-45-48-51(53)54-50-47-44-41-38-35-32-29-26-23-20-18-16-14-12-13-15-17-19-22-25-28-31-34-37-40-43-46-49-52/h9-10,52H,2-8,11-50H2,1H3. The van der Waals surface area contributed by atoms with E-state index >= 15 is 0 Å². The number of allylic oxidation sites excluding steroid dienone is 2. The number of aliphatic hydroxyl groups excluding tert-OH is 1. The zero-order valence-corrected chi connectivity index (χ0v) is 37.2. The van der Waals surface area contributed by atoms with Gasteiger partial charge in [0.2, 0.25) is 0 Å². The minimum Gasteiger partial charge on any atom is -0.466 e. The van der Waals surface area contributed by atoms with Crippen LogP contribution in [0.3, 0.4) is 0 Å². The maximum absolute atomic E-state index is 12.0. The highest BCUT2D eigenvalue weighted by Crippen LogP contribution is 2.17. The van der Waals surface area contributed by atoms with Crippen LogP contribution in [0.1, 0.15) is 296 Å². The van der Waals surface area contributed by atoms with E-state index in [0.29, 0.717) is 19.6 Å². The van der Waals surface area contributed by atoms with E-state index in [-0.39, 0.29) is 5.97 Å². The summed E-state index contributed by atoms with van der Waals surface area (Å²) in [6.45, 7) is 3.28. The van der Waals surface area contributed by atoms with Crippen LogP contribution < -0.4 is 0 Å². The number of esters is 1. The van der Waals surface area contributed by atoms with Gasteiger partial charge in [-0.3, -0.25) is 4.79 Å². The number of hydrogen-bond acceptors (Lipinski definition) is 3. The predicted molar refractivity (Wildman–Crippen MR) is 241 cm³/mol. The molecule has 322 valence electrons. The first kappa shape index (κ1) is 53.2. The van der Waals surface area contributed by atoms with Gasteiger partial charge in [-0.1, -0.05) is 257 Å². The fourth-order valence-electron chi connectivity index (χ4n) is 7.94. The number of rotatable bonds is 48. The molecule has 0 amide bonds. The van der Waals surface area contributed by atoms with E-state index in [9.17, 15) is 4.79 Å². The van der Waals surface area contributed by atoms with Crippen molar-refractivity contribution in [3.8, 4) is 0 Å². The van der Waals surface area contributed by atoms with Gasteiger partial charge in [0, 0.05) is 13.0 Å². The molecule has 0 bridgehead atoms. The van der Waals surface area contributed by atoms with Gasteiger partial charge < -0.3 is 9.84 Å². The van der Waals surface area contributed by atoms with E-state index in [0.717, 1.165) is 19.3 Å². The molecule has 0 unspecified atom stereocenters. The lowest BCUT2D eigenvalue weighted by Gasteiger charge is -2.06. The number of ether oxygens (including phenoxy) is 1. The molecule has 54 heavy (non-hydrogen) atoms. The summed E-state index contributed by atoms with van der Waals surface area (Å²) in [5.74, 6) is 0.0248. The van der Waals surface area contributed by atoms with Gasteiger partial charge in [-0.25, -0.2) is 0 Å². The van der Waals surface area contributed by atoms with Crippen LogP contribution >= 0.6 is 0 Å². The van der Waals surface area contributed by atoms with Gasteiger partial charge >= 0.3 is 5.97 Å². The second kappa shape index (κ2) is 50.2. The topological polar surface area (TPSA) is 46.5 Å². The van der Waals surface area contributed by atoms with Crippen molar-refractivity contribution in [2.75, 3.05) is 13.2 Å². The first-order valence-corrected chi connectivity index (χ1v) is 25.2. The van der Waals surface area contributed by atoms with Gasteiger partial charge in [-0.15, -0.1) is 0 Å². The summed E-state index contributed by atoms with van der Waals surface area (Å²) in [6, 6.07) is 0. The zero-order chi connectivity index (χ0) is 38.9. The first-order chi connectivity index (χ1) is 26.8. The second-order valence-corrected chi connectivity index (χ2v) is 17.2. The third kappa shape index (κ3) is 49.2. The molecule has 1 N–H and O–H groups in total. The summed E-state index contributed by atoms with van der Waals surface area (Å²) in [5, 5.41) is 8.81. The highest BCUT2D eigenvalue weighted by Gasteiger charge is 2.03. The van der Waals surface area contributed by atoms with Crippen LogP contribution in [0.25, 0.3) is 0 Å². The van der Waals surface area contributed by atoms with Crippen LogP contribution in [0.4, 0.5) is 0 Å². The molecule has 0 fully saturated rings. The van der Waals surface area contributed by atoms with E-state index in [1.54, 1.807) is 0 Å². The van der Waals surface area contributed by atoms with Gasteiger partial charge in [-0.05, 0) is 44.9 Å². The molecule has 0 atom stereocenters. The van der Waals surface area contributed by atoms with Crippen LogP contribution in [-0.4, -0.2) is 24.3 Å². The van der Waals surface area contributed by atoms with Crippen molar-refractivity contribution in [1.82, 2.24) is 0 Å². The second-order valence-electron chi connectivity index (χ2n) is 17.2. The van der Waals surface area contributed by atoms with Crippen molar-refractivity contribution >= 4 is 5.97 Å². The van der Waals surface area contributed by atoms with Crippen LogP contribution in [0.2, 0.25) is 0 Å². The molecule has 0 aliphatic rings. The fraction of sp³-hybridized carbons (Fsp3) is 0.941. The fourth-order valence-corrected chi connectivity index (χ4v) is 7.94. The largest absolute Gasteiger partial charge is 0.466 e. The average Bonchev–Trinajstić information content (AvgIpc) is 3.18. The maximum Gasteiger partial charge on any atom is 0.305 e. The third-order valence-electron chi connectivity index (χ3n) is 11.7. The number of unbranched alkanes of at least 4 members (excludes halogenated alkanes) is 41. The van der Waals surface area contributed by atoms with Crippen LogP contribution in [0.15, 0.2) is 12.2 Å². The van der Waals surface area contributed by atoms with Gasteiger partial charge in [0.1, 0.15) is 0 Å². The number of aliphatic hydroxyl groups is 1. The third-order valence-corrected chi connectivity index (χ3v) is 11.7. The number of carbonyl (C=O) groups excluding carboxylic acids is 1. The van der Waals surface area contributed by atoms with E-state index in [1.807, 2.05) is 0 Å². The van der Waals surface area contributed by atoms with Crippen molar-refractivity contribution in [2.45, 2.75) is 296 Å². The van der Waals surface area contributed by atoms with Gasteiger partial charge in [0.05, 0.1) is 6.61 Å². The normalized spacial score (nSPS) is 11.7. The summed E-state index contributed by atoms with van der Waals surface area (Å²) in [7, 11) is 0. The smallest absolute Gasteiger partial charge is 0.305 e. The Morgan fingerprint density at radius 2 is 0.611 bits per heavy atom. The summed E-state index contributed by atoms with van der Waals surface area (Å²) in [6.07, 6.45) is 65.0. The molecule has 0 aliphatic heterocycles. The van der Waals surface area contributed by atoms with E-state index in [2.05, 4.69) is 19.1 Å². The Balaban J connectivity index is 3.16. The molecule has 0 aromatic rings. The minimum absolute atomic E-state index is 0.0248. The highest BCUT2D eigenvalue weighted by molar-refractivity contribution is 5.69. The van der Waals surface area contributed by atoms with Crippen molar-refractivity contribution < 1.29 is 14.6 Å². The molecule has 0 radical (unpaired) electrons. The summed E-state index contributed by atoms with van der Waals surface area (Å²) in [4.78, 5) is 12.0. The molecule has 0 aliphatic carbocycles. The molecule has 0 aromatic heterocycles. The monoisotopic (exact) mass is 761 g/mol. The molecular formula is C51H100O3. The summed E-state index contributed by atoms with van der Waals surface area (Å²) >= 11 is 0. The van der Waals surface area contributed by atoms with Crippen LogP contribution in [-0.2, 0) is 9.53 Å². The van der Waals surface area contributed by atoms with Crippen LogP contribution in [0, 0.1) is 0 Å².